The summed E-state index contributed by atoms with van der Waals surface area (Å²) in [6, 6.07) is 1.26. The summed E-state index contributed by atoms with van der Waals surface area (Å²) in [4.78, 5) is 9.71. The first-order chi connectivity index (χ1) is 3.72. The number of hydrogen-bond donors (Lipinski definition) is 2. The summed E-state index contributed by atoms with van der Waals surface area (Å²) in [5.74, 6) is -1.42. The molecular weight excluding hydrogens is 110 g/mol. The Kier molecular flexibility index (Phi) is 2.14. The van der Waals surface area contributed by atoms with Gasteiger partial charge in [0, 0.05) is 0 Å². The number of aliphatic carboxylic acids is 1. The molecule has 4 heteroatoms. The van der Waals surface area contributed by atoms with Crippen molar-refractivity contribution in [3.63, 3.8) is 0 Å². The summed E-state index contributed by atoms with van der Waals surface area (Å²) in [5.41, 5.74) is -0.662. The van der Waals surface area contributed by atoms with Crippen molar-refractivity contribution in [3.8, 4) is 6.07 Å². The number of nitriles is 1. The van der Waals surface area contributed by atoms with Gasteiger partial charge in [-0.25, -0.2) is 4.79 Å². The van der Waals surface area contributed by atoms with Crippen LogP contribution in [0.1, 0.15) is 0 Å². The molecule has 0 unspecified atom stereocenters. The molecule has 0 aromatic rings. The molecule has 4 nitrogen and oxygen atoms in total. The van der Waals surface area contributed by atoms with E-state index in [4.69, 9.17) is 15.5 Å². The summed E-state index contributed by atoms with van der Waals surface area (Å²) in [5, 5.41) is 23.7. The maximum Gasteiger partial charge on any atom is 0.349 e. The van der Waals surface area contributed by atoms with Gasteiger partial charge in [0.15, 0.2) is 5.57 Å². The van der Waals surface area contributed by atoms with E-state index in [1.165, 1.54) is 6.07 Å². The first-order valence-corrected chi connectivity index (χ1v) is 1.70. The van der Waals surface area contributed by atoms with Crippen molar-refractivity contribution in [2.24, 2.45) is 0 Å². The normalized spacial score (nSPS) is 10.1. The van der Waals surface area contributed by atoms with Crippen molar-refractivity contribution in [3.05, 3.63) is 11.8 Å². The SMILES string of the molecule is N#CC(=CO)C(=O)O. The second-order valence-corrected chi connectivity index (χ2v) is 0.960. The van der Waals surface area contributed by atoms with Crippen LogP contribution in [0.2, 0.25) is 0 Å². The van der Waals surface area contributed by atoms with Crippen molar-refractivity contribution in [2.75, 3.05) is 0 Å². The molecule has 42 valence electrons. The number of nitrogens with zero attached hydrogens (tertiary/aromatic N) is 1. The van der Waals surface area contributed by atoms with Crippen molar-refractivity contribution in [1.29, 1.82) is 5.26 Å². The van der Waals surface area contributed by atoms with Gasteiger partial charge >= 0.3 is 5.97 Å². The van der Waals surface area contributed by atoms with E-state index in [9.17, 15) is 4.79 Å². The lowest BCUT2D eigenvalue weighted by molar-refractivity contribution is -0.132. The highest BCUT2D eigenvalue weighted by atomic mass is 16.4. The van der Waals surface area contributed by atoms with Crippen molar-refractivity contribution >= 4 is 5.97 Å². The average molecular weight is 113 g/mol. The average Bonchev–Trinajstić information content (AvgIpc) is 1.69. The van der Waals surface area contributed by atoms with Crippen molar-refractivity contribution in [2.45, 2.75) is 0 Å². The standard InChI is InChI=1S/C4H3NO3/c5-1-3(2-6)4(7)8/h2,6H,(H,7,8). The second kappa shape index (κ2) is 2.64. The van der Waals surface area contributed by atoms with E-state index in [-0.39, 0.29) is 6.26 Å². The summed E-state index contributed by atoms with van der Waals surface area (Å²) < 4.78 is 0. The maximum absolute atomic E-state index is 9.71. The molecule has 0 aromatic heterocycles. The fraction of sp³-hybridized carbons (Fsp3) is 0. The Morgan fingerprint density at radius 2 is 2.25 bits per heavy atom. The lowest BCUT2D eigenvalue weighted by Crippen LogP contribution is -1.96. The van der Waals surface area contributed by atoms with Crippen LogP contribution in [0.25, 0.3) is 0 Å². The number of carboxylic acid groups (broad SMARTS) is 1. The van der Waals surface area contributed by atoms with Crippen LogP contribution in [0.4, 0.5) is 0 Å². The minimum Gasteiger partial charge on any atom is -0.514 e. The minimum absolute atomic E-state index is 0.252. The zero-order valence-corrected chi connectivity index (χ0v) is 3.83. The van der Waals surface area contributed by atoms with E-state index in [2.05, 4.69) is 0 Å². The van der Waals surface area contributed by atoms with Crippen LogP contribution >= 0.6 is 0 Å². The van der Waals surface area contributed by atoms with Gasteiger partial charge in [0.25, 0.3) is 0 Å². The Bertz CT molecular complexity index is 165. The third-order valence-electron chi connectivity index (χ3n) is 0.480. The Morgan fingerprint density at radius 1 is 1.75 bits per heavy atom. The third-order valence-corrected chi connectivity index (χ3v) is 0.480. The van der Waals surface area contributed by atoms with E-state index in [1.54, 1.807) is 0 Å². The van der Waals surface area contributed by atoms with Gasteiger partial charge in [0.1, 0.15) is 12.3 Å². The molecule has 0 fully saturated rings. The van der Waals surface area contributed by atoms with Gasteiger partial charge in [-0.3, -0.25) is 0 Å². The first kappa shape index (κ1) is 6.50. The van der Waals surface area contributed by atoms with E-state index < -0.39 is 11.5 Å². The van der Waals surface area contributed by atoms with Gasteiger partial charge in [0.2, 0.25) is 0 Å². The zero-order valence-electron chi connectivity index (χ0n) is 3.83. The summed E-state index contributed by atoms with van der Waals surface area (Å²) in [6.45, 7) is 0. The van der Waals surface area contributed by atoms with E-state index in [0.29, 0.717) is 0 Å². The number of aliphatic hydroxyl groups is 1. The highest BCUT2D eigenvalue weighted by molar-refractivity contribution is 5.90. The van der Waals surface area contributed by atoms with Crippen molar-refractivity contribution < 1.29 is 15.0 Å². The zero-order chi connectivity index (χ0) is 6.57. The van der Waals surface area contributed by atoms with Gasteiger partial charge in [-0.15, -0.1) is 0 Å². The molecule has 0 atom stereocenters. The van der Waals surface area contributed by atoms with Gasteiger partial charge in [0.05, 0.1) is 0 Å². The van der Waals surface area contributed by atoms with E-state index >= 15 is 0 Å². The molecule has 0 rings (SSSR count). The Morgan fingerprint density at radius 3 is 2.25 bits per heavy atom. The van der Waals surface area contributed by atoms with Crippen LogP contribution < -0.4 is 0 Å². The van der Waals surface area contributed by atoms with Crippen molar-refractivity contribution in [1.82, 2.24) is 0 Å². The largest absolute Gasteiger partial charge is 0.514 e. The molecule has 0 aliphatic rings. The smallest absolute Gasteiger partial charge is 0.349 e. The maximum atomic E-state index is 9.71. The quantitative estimate of drug-likeness (QED) is 0.285. The third kappa shape index (κ3) is 1.30. The number of carbonyl (C=O) groups is 1. The molecule has 0 amide bonds. The molecule has 0 aliphatic heterocycles. The number of carboxylic acids is 1. The van der Waals surface area contributed by atoms with Gasteiger partial charge in [-0.2, -0.15) is 5.26 Å². The van der Waals surface area contributed by atoms with Crippen LogP contribution in [0, 0.1) is 11.3 Å². The number of hydrogen-bond acceptors (Lipinski definition) is 3. The number of aliphatic hydroxyl groups excluding tert-OH is 1. The Balaban J connectivity index is 4.20. The summed E-state index contributed by atoms with van der Waals surface area (Å²) in [6.07, 6.45) is 0.252. The molecular formula is C4H3NO3. The Labute approximate surface area is 45.3 Å². The fourth-order valence-corrected chi connectivity index (χ4v) is 0.132. The highest BCUT2D eigenvalue weighted by Crippen LogP contribution is 1.86. The predicted molar refractivity (Wildman–Crippen MR) is 24.0 cm³/mol. The topological polar surface area (TPSA) is 81.3 Å². The summed E-state index contributed by atoms with van der Waals surface area (Å²) in [7, 11) is 0. The molecule has 0 saturated heterocycles. The van der Waals surface area contributed by atoms with Gasteiger partial charge < -0.3 is 10.2 Å². The lowest BCUT2D eigenvalue weighted by Gasteiger charge is -1.80. The van der Waals surface area contributed by atoms with Crippen LogP contribution in [0.3, 0.4) is 0 Å². The molecule has 0 radical (unpaired) electrons. The fourth-order valence-electron chi connectivity index (χ4n) is 0.132. The highest BCUT2D eigenvalue weighted by Gasteiger charge is 2.02. The van der Waals surface area contributed by atoms with Gasteiger partial charge in [-0.1, -0.05) is 0 Å². The summed E-state index contributed by atoms with van der Waals surface area (Å²) >= 11 is 0. The van der Waals surface area contributed by atoms with Crippen LogP contribution in [0.5, 0.6) is 0 Å². The second-order valence-electron chi connectivity index (χ2n) is 0.960. The number of rotatable bonds is 1. The van der Waals surface area contributed by atoms with Crippen LogP contribution in [0.15, 0.2) is 11.8 Å². The lowest BCUT2D eigenvalue weighted by atomic mass is 10.3. The molecule has 0 spiro atoms. The van der Waals surface area contributed by atoms with Gasteiger partial charge in [-0.05, 0) is 0 Å². The molecule has 0 aliphatic carbocycles. The Hall–Kier alpha value is -1.50. The molecule has 2 N–H and O–H groups in total. The van der Waals surface area contributed by atoms with E-state index in [1.807, 2.05) is 0 Å². The van der Waals surface area contributed by atoms with Crippen LogP contribution in [-0.2, 0) is 4.79 Å². The molecule has 0 saturated carbocycles. The monoisotopic (exact) mass is 113 g/mol. The molecule has 0 heterocycles. The first-order valence-electron chi connectivity index (χ1n) is 1.70. The minimum atomic E-state index is -1.42. The predicted octanol–water partition coefficient (Wildman–Crippen LogP) is 0.0365. The molecule has 0 aromatic carbocycles. The van der Waals surface area contributed by atoms with E-state index in [0.717, 1.165) is 0 Å². The van der Waals surface area contributed by atoms with Crippen LogP contribution in [-0.4, -0.2) is 16.2 Å². The molecule has 0 bridgehead atoms. The molecule has 8 heavy (non-hydrogen) atoms.